The molecule has 0 saturated carbocycles. The third kappa shape index (κ3) is 5.83. The lowest BCUT2D eigenvalue weighted by Crippen LogP contribution is -2.30. The molecule has 1 amide bonds. The van der Waals surface area contributed by atoms with E-state index in [1.807, 2.05) is 54.6 Å². The molecule has 0 N–H and O–H groups in total. The highest BCUT2D eigenvalue weighted by molar-refractivity contribution is 8.26. The summed E-state index contributed by atoms with van der Waals surface area (Å²) >= 11 is 6.84. The van der Waals surface area contributed by atoms with E-state index in [-0.39, 0.29) is 5.91 Å². The van der Waals surface area contributed by atoms with E-state index in [2.05, 4.69) is 31.2 Å². The van der Waals surface area contributed by atoms with Crippen molar-refractivity contribution in [3.63, 3.8) is 0 Å². The van der Waals surface area contributed by atoms with Crippen LogP contribution < -0.4 is 9.47 Å². The van der Waals surface area contributed by atoms with Gasteiger partial charge in [0, 0.05) is 12.1 Å². The number of methoxy groups -OCH3 is 1. The topological polar surface area (TPSA) is 38.8 Å². The smallest absolute Gasteiger partial charge is 0.266 e. The molecule has 0 atom stereocenters. The van der Waals surface area contributed by atoms with Gasteiger partial charge < -0.3 is 9.47 Å². The van der Waals surface area contributed by atoms with Crippen LogP contribution in [-0.4, -0.2) is 28.8 Å². The molecule has 33 heavy (non-hydrogen) atoms. The van der Waals surface area contributed by atoms with Gasteiger partial charge in [-0.3, -0.25) is 9.69 Å². The van der Waals surface area contributed by atoms with E-state index < -0.39 is 0 Å². The zero-order chi connectivity index (χ0) is 23.2. The zero-order valence-corrected chi connectivity index (χ0v) is 20.2. The minimum atomic E-state index is -0.0631. The molecule has 3 aromatic carbocycles. The van der Waals surface area contributed by atoms with Crippen LogP contribution in [0.25, 0.3) is 6.08 Å². The molecule has 0 aliphatic carbocycles. The number of ether oxygens (including phenoxy) is 2. The van der Waals surface area contributed by atoms with Gasteiger partial charge in [-0.2, -0.15) is 0 Å². The van der Waals surface area contributed by atoms with E-state index in [9.17, 15) is 4.79 Å². The number of thioether (sulfide) groups is 1. The van der Waals surface area contributed by atoms with E-state index in [0.29, 0.717) is 22.4 Å². The maximum absolute atomic E-state index is 13.1. The number of aryl methyl sites for hydroxylation is 1. The van der Waals surface area contributed by atoms with Crippen molar-refractivity contribution in [1.82, 2.24) is 4.90 Å². The SMILES string of the molecule is COc1ccc(CCN2C(=O)/C(=C/c3ccccc3OCc3ccc(C)cc3)SC2=S)cc1. The molecule has 1 fully saturated rings. The summed E-state index contributed by atoms with van der Waals surface area (Å²) in [5.74, 6) is 1.49. The molecule has 0 spiro atoms. The van der Waals surface area contributed by atoms with Gasteiger partial charge in [0.25, 0.3) is 5.91 Å². The molecule has 1 saturated heterocycles. The monoisotopic (exact) mass is 475 g/mol. The summed E-state index contributed by atoms with van der Waals surface area (Å²) in [4.78, 5) is 15.3. The molecule has 168 valence electrons. The van der Waals surface area contributed by atoms with Crippen molar-refractivity contribution in [2.45, 2.75) is 20.0 Å². The number of rotatable bonds is 8. The lowest BCUT2D eigenvalue weighted by molar-refractivity contribution is -0.122. The van der Waals surface area contributed by atoms with Crippen LogP contribution >= 0.6 is 24.0 Å². The normalized spacial score (nSPS) is 14.7. The van der Waals surface area contributed by atoms with Gasteiger partial charge in [-0.25, -0.2) is 0 Å². The number of carbonyl (C=O) groups excluding carboxylic acids is 1. The summed E-state index contributed by atoms with van der Waals surface area (Å²) in [5.41, 5.74) is 4.30. The van der Waals surface area contributed by atoms with Gasteiger partial charge in [0.2, 0.25) is 0 Å². The molecule has 6 heteroatoms. The quantitative estimate of drug-likeness (QED) is 0.294. The summed E-state index contributed by atoms with van der Waals surface area (Å²) in [6.07, 6.45) is 2.59. The molecular weight excluding hydrogens is 450 g/mol. The molecule has 0 aromatic heterocycles. The Morgan fingerprint density at radius 2 is 1.67 bits per heavy atom. The molecule has 0 bridgehead atoms. The number of thiocarbonyl (C=S) groups is 1. The Morgan fingerprint density at radius 3 is 2.39 bits per heavy atom. The predicted octanol–water partition coefficient (Wildman–Crippen LogP) is 6.03. The standard InChI is InChI=1S/C27H25NO3S2/c1-19-7-9-21(10-8-19)18-31-24-6-4-3-5-22(24)17-25-26(29)28(27(32)33-25)16-15-20-11-13-23(30-2)14-12-20/h3-14,17H,15-16,18H2,1-2H3/b25-17-. The highest BCUT2D eigenvalue weighted by atomic mass is 32.2. The first-order valence-corrected chi connectivity index (χ1v) is 11.9. The highest BCUT2D eigenvalue weighted by Gasteiger charge is 2.31. The second kappa shape index (κ2) is 10.7. The van der Waals surface area contributed by atoms with Gasteiger partial charge in [0.15, 0.2) is 0 Å². The molecule has 4 nitrogen and oxygen atoms in total. The summed E-state index contributed by atoms with van der Waals surface area (Å²) in [6.45, 7) is 3.07. The summed E-state index contributed by atoms with van der Waals surface area (Å²) in [6, 6.07) is 23.9. The summed E-state index contributed by atoms with van der Waals surface area (Å²) in [5, 5.41) is 0. The average molecular weight is 476 g/mol. The molecular formula is C27H25NO3S2. The number of hydrogen-bond acceptors (Lipinski definition) is 5. The second-order valence-corrected chi connectivity index (χ2v) is 9.42. The largest absolute Gasteiger partial charge is 0.497 e. The molecule has 0 unspecified atom stereocenters. The zero-order valence-electron chi connectivity index (χ0n) is 18.6. The van der Waals surface area contributed by atoms with E-state index in [4.69, 9.17) is 21.7 Å². The number of nitrogens with zero attached hydrogens (tertiary/aromatic N) is 1. The minimum absolute atomic E-state index is 0.0631. The number of amides is 1. The van der Waals surface area contributed by atoms with E-state index in [0.717, 1.165) is 34.6 Å². The van der Waals surface area contributed by atoms with Crippen LogP contribution in [-0.2, 0) is 17.8 Å². The molecule has 1 aliphatic heterocycles. The van der Waals surface area contributed by atoms with Crippen molar-refractivity contribution in [2.24, 2.45) is 0 Å². The molecule has 0 radical (unpaired) electrons. The third-order valence-electron chi connectivity index (χ3n) is 5.38. The van der Waals surface area contributed by atoms with E-state index >= 15 is 0 Å². The van der Waals surface area contributed by atoms with Crippen molar-refractivity contribution in [3.8, 4) is 11.5 Å². The Kier molecular flexibility index (Phi) is 7.47. The third-order valence-corrected chi connectivity index (χ3v) is 6.76. The minimum Gasteiger partial charge on any atom is -0.497 e. The number of benzene rings is 3. The van der Waals surface area contributed by atoms with Gasteiger partial charge in [0.05, 0.1) is 12.0 Å². The Hall–Kier alpha value is -3.09. The molecule has 1 aliphatic rings. The Labute approximate surface area is 204 Å². The van der Waals surface area contributed by atoms with Gasteiger partial charge in [-0.1, -0.05) is 84.1 Å². The number of para-hydroxylation sites is 1. The van der Waals surface area contributed by atoms with Crippen LogP contribution in [0, 0.1) is 6.92 Å². The maximum Gasteiger partial charge on any atom is 0.266 e. The van der Waals surface area contributed by atoms with Crippen LogP contribution in [0.15, 0.2) is 77.7 Å². The average Bonchev–Trinajstić information content (AvgIpc) is 3.10. The lowest BCUT2D eigenvalue weighted by atomic mass is 10.1. The lowest BCUT2D eigenvalue weighted by Gasteiger charge is -2.14. The fraction of sp³-hybridized carbons (Fsp3) is 0.185. The maximum atomic E-state index is 13.1. The fourth-order valence-electron chi connectivity index (χ4n) is 3.44. The van der Waals surface area contributed by atoms with Gasteiger partial charge in [0.1, 0.15) is 22.4 Å². The Morgan fingerprint density at radius 1 is 0.970 bits per heavy atom. The van der Waals surface area contributed by atoms with Crippen LogP contribution in [0.5, 0.6) is 11.5 Å². The Bertz CT molecular complexity index is 1170. The first kappa shape index (κ1) is 23.1. The molecule has 1 heterocycles. The summed E-state index contributed by atoms with van der Waals surface area (Å²) < 4.78 is 11.8. The fourth-order valence-corrected chi connectivity index (χ4v) is 4.74. The van der Waals surface area contributed by atoms with E-state index in [1.165, 1.54) is 17.3 Å². The number of carbonyl (C=O) groups is 1. The first-order chi connectivity index (χ1) is 16.0. The molecule has 4 rings (SSSR count). The molecule has 3 aromatic rings. The van der Waals surface area contributed by atoms with Crippen molar-refractivity contribution in [1.29, 1.82) is 0 Å². The van der Waals surface area contributed by atoms with Crippen LogP contribution in [0.1, 0.15) is 22.3 Å². The van der Waals surface area contributed by atoms with Gasteiger partial charge in [-0.15, -0.1) is 0 Å². The van der Waals surface area contributed by atoms with Crippen molar-refractivity contribution in [3.05, 3.63) is 100.0 Å². The summed E-state index contributed by atoms with van der Waals surface area (Å²) in [7, 11) is 1.65. The van der Waals surface area contributed by atoms with Crippen LogP contribution in [0.2, 0.25) is 0 Å². The van der Waals surface area contributed by atoms with Crippen LogP contribution in [0.3, 0.4) is 0 Å². The van der Waals surface area contributed by atoms with Crippen molar-refractivity contribution >= 4 is 40.3 Å². The van der Waals surface area contributed by atoms with Crippen molar-refractivity contribution < 1.29 is 14.3 Å². The van der Waals surface area contributed by atoms with Crippen LogP contribution in [0.4, 0.5) is 0 Å². The highest BCUT2D eigenvalue weighted by Crippen LogP contribution is 2.34. The number of hydrogen-bond donors (Lipinski definition) is 0. The van der Waals surface area contributed by atoms with E-state index in [1.54, 1.807) is 12.0 Å². The second-order valence-electron chi connectivity index (χ2n) is 7.74. The predicted molar refractivity (Wildman–Crippen MR) is 139 cm³/mol. The van der Waals surface area contributed by atoms with Gasteiger partial charge >= 0.3 is 0 Å². The van der Waals surface area contributed by atoms with Gasteiger partial charge in [-0.05, 0) is 48.7 Å². The first-order valence-electron chi connectivity index (χ1n) is 10.7. The van der Waals surface area contributed by atoms with Crippen molar-refractivity contribution in [2.75, 3.05) is 13.7 Å². The Balaban J connectivity index is 1.43.